The molecule has 1 aliphatic rings. The van der Waals surface area contributed by atoms with E-state index in [4.69, 9.17) is 0 Å². The van der Waals surface area contributed by atoms with Gasteiger partial charge in [0.1, 0.15) is 4.21 Å². The van der Waals surface area contributed by atoms with Crippen molar-refractivity contribution in [2.75, 3.05) is 25.0 Å². The molecular formula is C16H20N2O2S2. The Kier molecular flexibility index (Phi) is 4.52. The Morgan fingerprint density at radius 2 is 1.86 bits per heavy atom. The van der Waals surface area contributed by atoms with E-state index in [1.165, 1.54) is 28.5 Å². The van der Waals surface area contributed by atoms with E-state index >= 15 is 0 Å². The van der Waals surface area contributed by atoms with Gasteiger partial charge in [0.2, 0.25) is 0 Å². The third kappa shape index (κ3) is 3.04. The lowest BCUT2D eigenvalue weighted by Gasteiger charge is -2.24. The minimum absolute atomic E-state index is 0.396. The average molecular weight is 336 g/mol. The maximum atomic E-state index is 12.6. The number of rotatable bonds is 5. The van der Waals surface area contributed by atoms with Crippen LogP contribution in [0.4, 0.5) is 5.69 Å². The fourth-order valence-electron chi connectivity index (χ4n) is 2.80. The lowest BCUT2D eigenvalue weighted by atomic mass is 10.1. The fraction of sp³-hybridized carbons (Fsp3) is 0.375. The number of thiophene rings is 1. The van der Waals surface area contributed by atoms with E-state index in [1.54, 1.807) is 24.6 Å². The van der Waals surface area contributed by atoms with Crippen molar-refractivity contribution in [2.24, 2.45) is 0 Å². The van der Waals surface area contributed by atoms with Crippen LogP contribution in [0, 0.1) is 0 Å². The molecule has 1 aromatic carbocycles. The largest absolute Gasteiger partial charge is 0.371 e. The summed E-state index contributed by atoms with van der Waals surface area (Å²) in [4.78, 5) is 2.35. The van der Waals surface area contributed by atoms with Crippen LogP contribution in [0.1, 0.15) is 18.4 Å². The second-order valence-electron chi connectivity index (χ2n) is 5.52. The number of nitrogens with zero attached hydrogens (tertiary/aromatic N) is 2. The summed E-state index contributed by atoms with van der Waals surface area (Å²) in [5.41, 5.74) is 2.22. The maximum Gasteiger partial charge on any atom is 0.252 e. The van der Waals surface area contributed by atoms with Crippen molar-refractivity contribution in [1.29, 1.82) is 0 Å². The molecule has 0 unspecified atom stereocenters. The molecule has 0 radical (unpaired) electrons. The van der Waals surface area contributed by atoms with Crippen molar-refractivity contribution >= 4 is 27.0 Å². The molecule has 0 saturated carbocycles. The van der Waals surface area contributed by atoms with Crippen LogP contribution in [-0.2, 0) is 16.6 Å². The number of sulfonamides is 1. The molecule has 4 nitrogen and oxygen atoms in total. The van der Waals surface area contributed by atoms with E-state index in [0.29, 0.717) is 10.8 Å². The number of hydrogen-bond acceptors (Lipinski definition) is 4. The third-order valence-corrected chi connectivity index (χ3v) is 7.17. The Balaban J connectivity index is 1.84. The Bertz CT molecular complexity index is 720. The molecule has 0 aliphatic carbocycles. The molecule has 2 aromatic rings. The normalized spacial score (nSPS) is 15.6. The third-order valence-electron chi connectivity index (χ3n) is 3.99. The summed E-state index contributed by atoms with van der Waals surface area (Å²) in [5, 5.41) is 1.79. The highest BCUT2D eigenvalue weighted by molar-refractivity contribution is 7.91. The Morgan fingerprint density at radius 1 is 1.14 bits per heavy atom. The van der Waals surface area contributed by atoms with Gasteiger partial charge in [-0.2, -0.15) is 4.31 Å². The fourth-order valence-corrected chi connectivity index (χ4v) is 5.15. The number of para-hydroxylation sites is 1. The molecule has 0 N–H and O–H groups in total. The smallest absolute Gasteiger partial charge is 0.252 e. The molecule has 2 heterocycles. The topological polar surface area (TPSA) is 40.6 Å². The van der Waals surface area contributed by atoms with E-state index in [9.17, 15) is 8.42 Å². The van der Waals surface area contributed by atoms with Gasteiger partial charge in [0.05, 0.1) is 0 Å². The Hall–Kier alpha value is -1.37. The van der Waals surface area contributed by atoms with E-state index in [2.05, 4.69) is 11.0 Å². The predicted molar refractivity (Wildman–Crippen MR) is 90.9 cm³/mol. The van der Waals surface area contributed by atoms with Gasteiger partial charge in [0, 0.05) is 32.4 Å². The molecule has 0 bridgehead atoms. The monoisotopic (exact) mass is 336 g/mol. The molecule has 0 spiro atoms. The van der Waals surface area contributed by atoms with Crippen LogP contribution in [0.25, 0.3) is 0 Å². The van der Waals surface area contributed by atoms with Crippen LogP contribution in [0.3, 0.4) is 0 Å². The summed E-state index contributed by atoms with van der Waals surface area (Å²) < 4.78 is 26.9. The number of anilines is 1. The lowest BCUT2D eigenvalue weighted by Crippen LogP contribution is -2.27. The van der Waals surface area contributed by atoms with E-state index in [0.717, 1.165) is 24.3 Å². The maximum absolute atomic E-state index is 12.6. The molecular weight excluding hydrogens is 316 g/mol. The summed E-state index contributed by atoms with van der Waals surface area (Å²) in [7, 11) is -1.75. The molecule has 1 fully saturated rings. The van der Waals surface area contributed by atoms with Crippen LogP contribution in [0.2, 0.25) is 0 Å². The van der Waals surface area contributed by atoms with Crippen molar-refractivity contribution in [3.63, 3.8) is 0 Å². The number of benzene rings is 1. The van der Waals surface area contributed by atoms with Gasteiger partial charge < -0.3 is 4.90 Å². The van der Waals surface area contributed by atoms with Crippen LogP contribution in [0.5, 0.6) is 0 Å². The van der Waals surface area contributed by atoms with E-state index in [-0.39, 0.29) is 0 Å². The molecule has 118 valence electrons. The minimum atomic E-state index is -3.40. The molecule has 3 rings (SSSR count). The Morgan fingerprint density at radius 3 is 2.55 bits per heavy atom. The van der Waals surface area contributed by atoms with E-state index in [1.807, 2.05) is 18.2 Å². The standard InChI is InChI=1S/C16H20N2O2S2/c1-17(22(19,20)16-9-6-12-21-16)13-14-7-2-3-8-15(14)18-10-4-5-11-18/h2-3,6-9,12H,4-5,10-11,13H2,1H3. The second kappa shape index (κ2) is 6.40. The highest BCUT2D eigenvalue weighted by Gasteiger charge is 2.23. The Labute approximate surface area is 136 Å². The van der Waals surface area contributed by atoms with Crippen LogP contribution < -0.4 is 4.90 Å². The first-order chi connectivity index (χ1) is 10.6. The van der Waals surface area contributed by atoms with Gasteiger partial charge in [-0.25, -0.2) is 8.42 Å². The van der Waals surface area contributed by atoms with E-state index < -0.39 is 10.0 Å². The first-order valence-electron chi connectivity index (χ1n) is 7.42. The van der Waals surface area contributed by atoms with Crippen LogP contribution >= 0.6 is 11.3 Å². The van der Waals surface area contributed by atoms with Gasteiger partial charge in [0.15, 0.2) is 0 Å². The molecule has 22 heavy (non-hydrogen) atoms. The quantitative estimate of drug-likeness (QED) is 0.842. The van der Waals surface area contributed by atoms with Gasteiger partial charge in [-0.15, -0.1) is 11.3 Å². The average Bonchev–Trinajstić information content (AvgIpc) is 3.21. The minimum Gasteiger partial charge on any atom is -0.371 e. The van der Waals surface area contributed by atoms with Crippen molar-refractivity contribution in [3.05, 3.63) is 47.3 Å². The molecule has 1 aliphatic heterocycles. The van der Waals surface area contributed by atoms with Crippen molar-refractivity contribution in [2.45, 2.75) is 23.6 Å². The van der Waals surface area contributed by atoms with Gasteiger partial charge in [-0.3, -0.25) is 0 Å². The zero-order valence-corrected chi connectivity index (χ0v) is 14.2. The SMILES string of the molecule is CN(Cc1ccccc1N1CCCC1)S(=O)(=O)c1cccs1. The van der Waals surface area contributed by atoms with Gasteiger partial charge in [0.25, 0.3) is 10.0 Å². The summed E-state index contributed by atoms with van der Waals surface area (Å²) in [6.07, 6.45) is 2.41. The summed E-state index contributed by atoms with van der Waals surface area (Å²) in [6, 6.07) is 11.5. The predicted octanol–water partition coefficient (Wildman–Crippen LogP) is 3.17. The van der Waals surface area contributed by atoms with Crippen molar-refractivity contribution < 1.29 is 8.42 Å². The molecule has 1 saturated heterocycles. The summed E-state index contributed by atoms with van der Waals surface area (Å²) >= 11 is 1.26. The highest BCUT2D eigenvalue weighted by atomic mass is 32.2. The molecule has 0 atom stereocenters. The van der Waals surface area contributed by atoms with Crippen LogP contribution in [0.15, 0.2) is 46.0 Å². The first kappa shape index (κ1) is 15.5. The zero-order valence-electron chi connectivity index (χ0n) is 12.6. The lowest BCUT2D eigenvalue weighted by molar-refractivity contribution is 0.468. The zero-order chi connectivity index (χ0) is 15.6. The van der Waals surface area contributed by atoms with Crippen molar-refractivity contribution in [3.8, 4) is 0 Å². The summed E-state index contributed by atoms with van der Waals surface area (Å²) in [6.45, 7) is 2.50. The summed E-state index contributed by atoms with van der Waals surface area (Å²) in [5.74, 6) is 0. The van der Waals surface area contributed by atoms with Gasteiger partial charge >= 0.3 is 0 Å². The second-order valence-corrected chi connectivity index (χ2v) is 8.74. The molecule has 6 heteroatoms. The van der Waals surface area contributed by atoms with Gasteiger partial charge in [-0.1, -0.05) is 24.3 Å². The van der Waals surface area contributed by atoms with Crippen molar-refractivity contribution in [1.82, 2.24) is 4.31 Å². The highest BCUT2D eigenvalue weighted by Crippen LogP contribution is 2.27. The first-order valence-corrected chi connectivity index (χ1v) is 9.74. The molecule has 1 aromatic heterocycles. The van der Waals surface area contributed by atoms with Crippen LogP contribution in [-0.4, -0.2) is 32.9 Å². The molecule has 0 amide bonds. The van der Waals surface area contributed by atoms with Gasteiger partial charge in [-0.05, 0) is 35.9 Å². The number of hydrogen-bond donors (Lipinski definition) is 0.